The van der Waals surface area contributed by atoms with Gasteiger partial charge in [0.25, 0.3) is 5.91 Å². The Balaban J connectivity index is 1.83. The fraction of sp³-hybridized carbons (Fsp3) is 0.412. The summed E-state index contributed by atoms with van der Waals surface area (Å²) in [5.41, 5.74) is 1.36. The lowest BCUT2D eigenvalue weighted by molar-refractivity contribution is -0.154. The number of nitrogens with one attached hydrogen (secondary N) is 1. The average Bonchev–Trinajstić information content (AvgIpc) is 2.87. The van der Waals surface area contributed by atoms with Crippen molar-refractivity contribution in [3.05, 3.63) is 28.8 Å². The molecule has 1 N–H and O–H groups in total. The van der Waals surface area contributed by atoms with E-state index < -0.39 is 18.0 Å². The smallest absolute Gasteiger partial charge is 0.308 e. The largest absolute Gasteiger partial charge is 0.452 e. The van der Waals surface area contributed by atoms with E-state index >= 15 is 0 Å². The summed E-state index contributed by atoms with van der Waals surface area (Å²) in [4.78, 5) is 47.9. The van der Waals surface area contributed by atoms with Crippen LogP contribution in [-0.4, -0.2) is 41.2 Å². The summed E-state index contributed by atoms with van der Waals surface area (Å²) in [7, 11) is 0. The lowest BCUT2D eigenvalue weighted by Gasteiger charge is -2.16. The predicted molar refractivity (Wildman–Crippen MR) is 90.9 cm³/mol. The number of amides is 3. The molecule has 3 amide bonds. The molecule has 1 aliphatic rings. The second kappa shape index (κ2) is 8.11. The first-order valence-electron chi connectivity index (χ1n) is 7.87. The average molecular weight is 367 g/mol. The molecule has 8 heteroatoms. The fourth-order valence-electron chi connectivity index (χ4n) is 2.35. The van der Waals surface area contributed by atoms with Gasteiger partial charge in [0.1, 0.15) is 0 Å². The summed E-state index contributed by atoms with van der Waals surface area (Å²) in [5.74, 6) is -1.73. The van der Waals surface area contributed by atoms with Gasteiger partial charge in [-0.05, 0) is 31.5 Å². The van der Waals surface area contributed by atoms with Crippen molar-refractivity contribution in [3.8, 4) is 0 Å². The molecule has 0 radical (unpaired) electrons. The highest BCUT2D eigenvalue weighted by atomic mass is 35.5. The molecule has 25 heavy (non-hydrogen) atoms. The normalized spacial score (nSPS) is 15.2. The highest BCUT2D eigenvalue weighted by molar-refractivity contribution is 6.31. The van der Waals surface area contributed by atoms with Crippen LogP contribution in [0.25, 0.3) is 0 Å². The third-order valence-corrected chi connectivity index (χ3v) is 4.06. The molecule has 7 nitrogen and oxygen atoms in total. The molecule has 0 bridgehead atoms. The van der Waals surface area contributed by atoms with Gasteiger partial charge in [0.2, 0.25) is 11.8 Å². The number of carbonyl (C=O) groups excluding carboxylic acids is 4. The molecule has 1 saturated heterocycles. The van der Waals surface area contributed by atoms with Gasteiger partial charge < -0.3 is 10.1 Å². The van der Waals surface area contributed by atoms with Gasteiger partial charge >= 0.3 is 5.97 Å². The van der Waals surface area contributed by atoms with Gasteiger partial charge in [-0.1, -0.05) is 17.7 Å². The Morgan fingerprint density at radius 2 is 1.92 bits per heavy atom. The number of halogens is 1. The Hall–Kier alpha value is -2.41. The quantitative estimate of drug-likeness (QED) is 0.614. The monoisotopic (exact) mass is 366 g/mol. The van der Waals surface area contributed by atoms with Crippen LogP contribution in [0.3, 0.4) is 0 Å². The van der Waals surface area contributed by atoms with E-state index in [1.165, 1.54) is 6.92 Å². The van der Waals surface area contributed by atoms with Crippen LogP contribution >= 0.6 is 11.6 Å². The van der Waals surface area contributed by atoms with Crippen LogP contribution in [0.2, 0.25) is 5.02 Å². The van der Waals surface area contributed by atoms with Gasteiger partial charge in [-0.2, -0.15) is 0 Å². The van der Waals surface area contributed by atoms with Crippen LogP contribution in [0.1, 0.15) is 31.7 Å². The molecule has 1 heterocycles. The zero-order chi connectivity index (χ0) is 18.6. The van der Waals surface area contributed by atoms with Crippen molar-refractivity contribution < 1.29 is 23.9 Å². The van der Waals surface area contributed by atoms with Gasteiger partial charge in [-0.3, -0.25) is 24.1 Å². The lowest BCUT2D eigenvalue weighted by atomic mass is 10.2. The van der Waals surface area contributed by atoms with E-state index in [0.29, 0.717) is 10.7 Å². The number of likely N-dealkylation sites (tertiary alicyclic amines) is 1. The van der Waals surface area contributed by atoms with Crippen molar-refractivity contribution in [1.29, 1.82) is 0 Å². The summed E-state index contributed by atoms with van der Waals surface area (Å²) in [6.45, 7) is 3.23. The lowest BCUT2D eigenvalue weighted by Crippen LogP contribution is -2.34. The third-order valence-electron chi connectivity index (χ3n) is 3.83. The Bertz CT molecular complexity index is 703. The van der Waals surface area contributed by atoms with E-state index in [-0.39, 0.29) is 37.6 Å². The molecule has 2 rings (SSSR count). The maximum Gasteiger partial charge on any atom is 0.308 e. The summed E-state index contributed by atoms with van der Waals surface area (Å²) >= 11 is 5.89. The molecule has 0 aromatic heterocycles. The molecular weight excluding hydrogens is 348 g/mol. The molecule has 0 saturated carbocycles. The molecule has 0 spiro atoms. The van der Waals surface area contributed by atoms with Crippen LogP contribution in [0.15, 0.2) is 18.2 Å². The van der Waals surface area contributed by atoms with Gasteiger partial charge in [-0.25, -0.2) is 0 Å². The second-order valence-corrected chi connectivity index (χ2v) is 6.21. The Labute approximate surface area is 150 Å². The maximum atomic E-state index is 12.1. The number of benzene rings is 1. The van der Waals surface area contributed by atoms with Crippen LogP contribution < -0.4 is 5.32 Å². The summed E-state index contributed by atoms with van der Waals surface area (Å²) < 4.78 is 5.05. The SMILES string of the molecule is Cc1ccc(Cl)cc1NC(=O)[C@H](C)OC(=O)CCN1C(=O)CCC1=O. The van der Waals surface area contributed by atoms with Crippen molar-refractivity contribution in [2.24, 2.45) is 0 Å². The van der Waals surface area contributed by atoms with E-state index in [9.17, 15) is 19.2 Å². The van der Waals surface area contributed by atoms with Crippen LogP contribution in [0.4, 0.5) is 5.69 Å². The minimum absolute atomic E-state index is 0.0295. The van der Waals surface area contributed by atoms with Crippen LogP contribution in [0, 0.1) is 6.92 Å². The number of esters is 1. The maximum absolute atomic E-state index is 12.1. The Morgan fingerprint density at radius 1 is 1.28 bits per heavy atom. The molecule has 1 atom stereocenters. The number of imide groups is 1. The Morgan fingerprint density at radius 3 is 2.56 bits per heavy atom. The van der Waals surface area contributed by atoms with E-state index in [0.717, 1.165) is 10.5 Å². The highest BCUT2D eigenvalue weighted by Crippen LogP contribution is 2.20. The van der Waals surface area contributed by atoms with Gasteiger partial charge in [-0.15, -0.1) is 0 Å². The number of anilines is 1. The first-order valence-corrected chi connectivity index (χ1v) is 8.25. The van der Waals surface area contributed by atoms with E-state index in [2.05, 4.69) is 5.32 Å². The number of nitrogens with zero attached hydrogens (tertiary/aromatic N) is 1. The van der Waals surface area contributed by atoms with Crippen LogP contribution in [0.5, 0.6) is 0 Å². The Kier molecular flexibility index (Phi) is 6.14. The van der Waals surface area contributed by atoms with Crippen molar-refractivity contribution >= 4 is 41.0 Å². The topological polar surface area (TPSA) is 92.8 Å². The molecule has 1 aliphatic heterocycles. The number of hydrogen-bond donors (Lipinski definition) is 1. The van der Waals surface area contributed by atoms with Gasteiger partial charge in [0.15, 0.2) is 6.10 Å². The van der Waals surface area contributed by atoms with Gasteiger partial charge in [0.05, 0.1) is 6.42 Å². The predicted octanol–water partition coefficient (Wildman–Crippen LogP) is 2.06. The van der Waals surface area contributed by atoms with Crippen molar-refractivity contribution in [2.75, 3.05) is 11.9 Å². The summed E-state index contributed by atoms with van der Waals surface area (Å²) in [5, 5.41) is 3.13. The minimum Gasteiger partial charge on any atom is -0.452 e. The first-order chi connectivity index (χ1) is 11.8. The number of aryl methyl sites for hydroxylation is 1. The molecular formula is C17H19ClN2O5. The van der Waals surface area contributed by atoms with Crippen molar-refractivity contribution in [1.82, 2.24) is 4.90 Å². The number of ether oxygens (including phenoxy) is 1. The van der Waals surface area contributed by atoms with E-state index in [4.69, 9.17) is 16.3 Å². The minimum atomic E-state index is -1.02. The first kappa shape index (κ1) is 18.9. The second-order valence-electron chi connectivity index (χ2n) is 5.77. The van der Waals surface area contributed by atoms with Crippen molar-refractivity contribution in [3.63, 3.8) is 0 Å². The molecule has 1 fully saturated rings. The zero-order valence-electron chi connectivity index (χ0n) is 14.0. The van der Waals surface area contributed by atoms with Crippen LogP contribution in [-0.2, 0) is 23.9 Å². The summed E-state index contributed by atoms with van der Waals surface area (Å²) in [6.07, 6.45) is -0.821. The van der Waals surface area contributed by atoms with E-state index in [1.54, 1.807) is 18.2 Å². The van der Waals surface area contributed by atoms with Crippen molar-refractivity contribution in [2.45, 2.75) is 39.2 Å². The third kappa shape index (κ3) is 5.03. The van der Waals surface area contributed by atoms with Gasteiger partial charge in [0, 0.05) is 30.1 Å². The molecule has 0 aliphatic carbocycles. The van der Waals surface area contributed by atoms with E-state index in [1.807, 2.05) is 6.92 Å². The molecule has 1 aromatic rings. The zero-order valence-corrected chi connectivity index (χ0v) is 14.8. The molecule has 0 unspecified atom stereocenters. The fourth-order valence-corrected chi connectivity index (χ4v) is 2.52. The number of rotatable bonds is 6. The molecule has 1 aromatic carbocycles. The number of carbonyl (C=O) groups is 4. The number of hydrogen-bond acceptors (Lipinski definition) is 5. The standard InChI is InChI=1S/C17H19ClN2O5/c1-10-3-4-12(18)9-13(10)19-17(24)11(2)25-16(23)7-8-20-14(21)5-6-15(20)22/h3-4,9,11H,5-8H2,1-2H3,(H,19,24)/t11-/m0/s1. The highest BCUT2D eigenvalue weighted by Gasteiger charge is 2.29. The summed E-state index contributed by atoms with van der Waals surface area (Å²) in [6, 6.07) is 5.07. The molecule has 134 valence electrons.